The lowest BCUT2D eigenvalue weighted by molar-refractivity contribution is 0.238. The van der Waals surface area contributed by atoms with Gasteiger partial charge in [0, 0.05) is 38.3 Å². The topological polar surface area (TPSA) is 39.3 Å². The second-order valence-corrected chi connectivity index (χ2v) is 7.41. The van der Waals surface area contributed by atoms with E-state index in [-0.39, 0.29) is 11.7 Å². The van der Waals surface area contributed by atoms with Gasteiger partial charge >= 0.3 is 5.19 Å². The second-order valence-electron chi connectivity index (χ2n) is 6.42. The van der Waals surface area contributed by atoms with E-state index in [2.05, 4.69) is 4.98 Å². The molecule has 0 amide bonds. The number of rotatable bonds is 3. The van der Waals surface area contributed by atoms with E-state index in [1.165, 1.54) is 0 Å². The van der Waals surface area contributed by atoms with Crippen molar-refractivity contribution in [2.75, 3.05) is 31.1 Å². The molecule has 1 aromatic heterocycles. The maximum Gasteiger partial charge on any atom is 0.327 e. The lowest BCUT2D eigenvalue weighted by atomic mass is 10.1. The number of anilines is 1. The van der Waals surface area contributed by atoms with Gasteiger partial charge in [0.05, 0.1) is 10.4 Å². The number of fused-ring (bicyclic) bond motifs is 1. The van der Waals surface area contributed by atoms with Gasteiger partial charge in [-0.2, -0.15) is 4.98 Å². The fraction of sp³-hybridized carbons (Fsp3) is 0.278. The van der Waals surface area contributed by atoms with Gasteiger partial charge in [-0.15, -0.1) is 0 Å². The summed E-state index contributed by atoms with van der Waals surface area (Å²) in [6.07, 6.45) is 0. The van der Waals surface area contributed by atoms with Crippen molar-refractivity contribution in [2.24, 2.45) is 0 Å². The molecule has 0 bridgehead atoms. The van der Waals surface area contributed by atoms with Gasteiger partial charge in [-0.3, -0.25) is 10.0 Å². The smallest absolute Gasteiger partial charge is 0.327 e. The van der Waals surface area contributed by atoms with E-state index < -0.39 is 34.6 Å². The number of nitrogens with zero attached hydrogens (tertiary/aromatic N) is 3. The third-order valence-corrected chi connectivity index (χ3v) is 5.59. The Morgan fingerprint density at radius 2 is 1.50 bits per heavy atom. The minimum absolute atomic E-state index is 0.285. The molecule has 1 aliphatic rings. The third kappa shape index (κ3) is 3.16. The Morgan fingerprint density at radius 1 is 0.893 bits per heavy atom. The highest BCUT2D eigenvalue weighted by atomic mass is 32.1. The molecule has 10 heteroatoms. The summed E-state index contributed by atoms with van der Waals surface area (Å²) in [5.74, 6) is -9.62. The fourth-order valence-corrected chi connectivity index (χ4v) is 4.05. The van der Waals surface area contributed by atoms with Gasteiger partial charge in [-0.25, -0.2) is 22.0 Å². The van der Waals surface area contributed by atoms with Gasteiger partial charge in [0.2, 0.25) is 5.82 Å². The SMILES string of the molecule is [O]c1nc2c(N3CCN(Cc4c(F)c(F)c(F)c(F)c4F)CC3)cccc2s1. The zero-order valence-corrected chi connectivity index (χ0v) is 15.1. The van der Waals surface area contributed by atoms with Crippen molar-refractivity contribution >= 4 is 27.2 Å². The number of thiazole rings is 1. The van der Waals surface area contributed by atoms with E-state index in [4.69, 9.17) is 0 Å². The van der Waals surface area contributed by atoms with E-state index in [0.717, 1.165) is 21.7 Å². The molecule has 2 aromatic carbocycles. The molecular formula is C18H13F5N3OS. The predicted octanol–water partition coefficient (Wildman–Crippen LogP) is 4.46. The maximum absolute atomic E-state index is 13.9. The summed E-state index contributed by atoms with van der Waals surface area (Å²) in [6.45, 7) is 1.24. The third-order valence-electron chi connectivity index (χ3n) is 4.77. The molecule has 0 saturated carbocycles. The molecule has 0 atom stereocenters. The van der Waals surface area contributed by atoms with Crippen molar-refractivity contribution in [1.82, 2.24) is 9.88 Å². The molecule has 28 heavy (non-hydrogen) atoms. The Kier molecular flexibility index (Phi) is 4.84. The monoisotopic (exact) mass is 414 g/mol. The first-order valence-corrected chi connectivity index (χ1v) is 9.22. The Bertz CT molecular complexity index is 1020. The summed E-state index contributed by atoms with van der Waals surface area (Å²) in [7, 11) is 0. The highest BCUT2D eigenvalue weighted by Crippen LogP contribution is 2.34. The minimum atomic E-state index is -2.15. The van der Waals surface area contributed by atoms with Crippen molar-refractivity contribution < 1.29 is 27.1 Å². The Balaban J connectivity index is 1.51. The number of para-hydroxylation sites is 1. The quantitative estimate of drug-likeness (QED) is 0.361. The van der Waals surface area contributed by atoms with Crippen LogP contribution < -0.4 is 4.90 Å². The van der Waals surface area contributed by atoms with Crippen molar-refractivity contribution in [1.29, 1.82) is 0 Å². The molecule has 0 spiro atoms. The van der Waals surface area contributed by atoms with Crippen molar-refractivity contribution in [3.05, 3.63) is 52.8 Å². The number of hydrogen-bond donors (Lipinski definition) is 0. The van der Waals surface area contributed by atoms with Crippen LogP contribution in [-0.2, 0) is 11.7 Å². The highest BCUT2D eigenvalue weighted by molar-refractivity contribution is 7.20. The molecule has 4 nitrogen and oxygen atoms in total. The number of aromatic nitrogens is 1. The van der Waals surface area contributed by atoms with Gasteiger partial charge in [-0.05, 0) is 12.1 Å². The summed E-state index contributed by atoms with van der Waals surface area (Å²) in [5, 5.41) is 11.3. The lowest BCUT2D eigenvalue weighted by Crippen LogP contribution is -2.46. The first-order valence-electron chi connectivity index (χ1n) is 8.41. The Hall–Kier alpha value is -2.46. The summed E-state index contributed by atoms with van der Waals surface area (Å²) in [6, 6.07) is 5.45. The maximum atomic E-state index is 13.9. The fourth-order valence-electron chi connectivity index (χ4n) is 3.33. The molecule has 3 aromatic rings. The molecule has 4 rings (SSSR count). The van der Waals surface area contributed by atoms with Gasteiger partial charge < -0.3 is 4.90 Å². The van der Waals surface area contributed by atoms with Gasteiger partial charge in [-0.1, -0.05) is 17.4 Å². The zero-order valence-electron chi connectivity index (χ0n) is 14.3. The van der Waals surface area contributed by atoms with Crippen LogP contribution >= 0.6 is 11.3 Å². The number of piperazine rings is 1. The van der Waals surface area contributed by atoms with Gasteiger partial charge in [0.25, 0.3) is 0 Å². The van der Waals surface area contributed by atoms with Gasteiger partial charge in [0.15, 0.2) is 23.3 Å². The number of benzene rings is 2. The summed E-state index contributed by atoms with van der Waals surface area (Å²) in [4.78, 5) is 7.62. The van der Waals surface area contributed by atoms with Crippen LogP contribution in [0, 0.1) is 29.1 Å². The first-order chi connectivity index (χ1) is 13.4. The van der Waals surface area contributed by atoms with Crippen LogP contribution in [0.2, 0.25) is 0 Å². The molecule has 1 saturated heterocycles. The molecular weight excluding hydrogens is 401 g/mol. The van der Waals surface area contributed by atoms with Crippen molar-refractivity contribution in [3.8, 4) is 5.19 Å². The van der Waals surface area contributed by atoms with Gasteiger partial charge in [0.1, 0.15) is 5.52 Å². The number of halogens is 5. The van der Waals surface area contributed by atoms with E-state index in [9.17, 15) is 27.1 Å². The molecule has 0 aliphatic carbocycles. The minimum Gasteiger partial charge on any atom is -0.367 e. The molecule has 1 aliphatic heterocycles. The van der Waals surface area contributed by atoms with Crippen LogP contribution in [0.25, 0.3) is 10.2 Å². The zero-order chi connectivity index (χ0) is 20.0. The molecule has 1 fully saturated rings. The molecule has 0 unspecified atom stereocenters. The lowest BCUT2D eigenvalue weighted by Gasteiger charge is -2.36. The van der Waals surface area contributed by atoms with E-state index >= 15 is 0 Å². The molecule has 2 heterocycles. The Labute approximate surface area is 160 Å². The van der Waals surface area contributed by atoms with Crippen molar-refractivity contribution in [2.45, 2.75) is 6.54 Å². The average Bonchev–Trinajstić information content (AvgIpc) is 3.09. The first kappa shape index (κ1) is 18.9. The number of hydrogen-bond acceptors (Lipinski definition) is 4. The Morgan fingerprint density at radius 3 is 2.14 bits per heavy atom. The predicted molar refractivity (Wildman–Crippen MR) is 93.5 cm³/mol. The van der Waals surface area contributed by atoms with Crippen LogP contribution in [0.15, 0.2) is 18.2 Å². The van der Waals surface area contributed by atoms with Crippen LogP contribution in [0.1, 0.15) is 5.56 Å². The summed E-state index contributed by atoms with van der Waals surface area (Å²) >= 11 is 1.05. The second kappa shape index (κ2) is 7.17. The summed E-state index contributed by atoms with van der Waals surface area (Å²) < 4.78 is 68.4. The normalized spacial score (nSPS) is 15.5. The van der Waals surface area contributed by atoms with E-state index in [1.54, 1.807) is 11.0 Å². The molecule has 1 radical (unpaired) electrons. The molecule has 0 N–H and O–H groups in total. The van der Waals surface area contributed by atoms with Crippen LogP contribution in [0.5, 0.6) is 5.19 Å². The van der Waals surface area contributed by atoms with Crippen LogP contribution in [-0.4, -0.2) is 36.1 Å². The average molecular weight is 414 g/mol. The highest BCUT2D eigenvalue weighted by Gasteiger charge is 2.28. The summed E-state index contributed by atoms with van der Waals surface area (Å²) in [5.41, 5.74) is 0.555. The van der Waals surface area contributed by atoms with Crippen LogP contribution in [0.4, 0.5) is 27.6 Å². The van der Waals surface area contributed by atoms with Crippen molar-refractivity contribution in [3.63, 3.8) is 0 Å². The largest absolute Gasteiger partial charge is 0.367 e. The van der Waals surface area contributed by atoms with Crippen LogP contribution in [0.3, 0.4) is 0 Å². The standard InChI is InChI=1S/C18H13F5N3OS/c19-12-9(13(20)15(22)16(23)14(12)21)8-25-4-6-26(7-5-25)10-2-1-3-11-17(10)24-18(27)28-11/h1-3H,4-8H2. The van der Waals surface area contributed by atoms with E-state index in [0.29, 0.717) is 31.7 Å². The van der Waals surface area contributed by atoms with E-state index in [1.807, 2.05) is 17.0 Å². The molecule has 147 valence electrons.